The second kappa shape index (κ2) is 4.95. The summed E-state index contributed by atoms with van der Waals surface area (Å²) in [4.78, 5) is 0. The summed E-state index contributed by atoms with van der Waals surface area (Å²) in [5.74, 6) is 1.39. The van der Waals surface area contributed by atoms with Gasteiger partial charge in [0, 0.05) is 5.75 Å². The number of rotatable bonds is 5. The summed E-state index contributed by atoms with van der Waals surface area (Å²) in [5.41, 5.74) is 5.30. The predicted molar refractivity (Wildman–Crippen MR) is 47.7 cm³/mol. The van der Waals surface area contributed by atoms with Crippen LogP contribution in [0.3, 0.4) is 0 Å². The van der Waals surface area contributed by atoms with Crippen LogP contribution in [-0.2, 0) is 6.54 Å². The fourth-order valence-corrected chi connectivity index (χ4v) is 1.32. The number of hydrogen-bond donors (Lipinski definition) is 1. The van der Waals surface area contributed by atoms with E-state index in [-0.39, 0.29) is 0 Å². The van der Waals surface area contributed by atoms with Gasteiger partial charge in [-0.2, -0.15) is 0 Å². The molecule has 2 N–H and O–H groups in total. The van der Waals surface area contributed by atoms with Crippen molar-refractivity contribution in [3.05, 3.63) is 18.5 Å². The summed E-state index contributed by atoms with van der Waals surface area (Å²) in [6.45, 7) is 3.91. The van der Waals surface area contributed by atoms with Crippen LogP contribution in [0.2, 0.25) is 0 Å². The Hall–Kier alpha value is -0.810. The van der Waals surface area contributed by atoms with Crippen molar-refractivity contribution in [1.29, 1.82) is 0 Å². The topological polar surface area (TPSA) is 64.9 Å². The molecule has 5 heteroatoms. The number of hydrogen-bond acceptors (Lipinski definition) is 5. The van der Waals surface area contributed by atoms with Gasteiger partial charge in [0.15, 0.2) is 0 Å². The smallest absolute Gasteiger partial charge is 0.276 e. The third-order valence-corrected chi connectivity index (χ3v) is 2.02. The minimum atomic E-state index is 0.301. The number of nitrogens with two attached hydrogens (primary N) is 1. The van der Waals surface area contributed by atoms with E-state index < -0.39 is 0 Å². The van der Waals surface area contributed by atoms with Gasteiger partial charge in [0.2, 0.25) is 5.89 Å². The van der Waals surface area contributed by atoms with Crippen LogP contribution in [0, 0.1) is 0 Å². The molecule has 0 aromatic carbocycles. The second-order valence-corrected chi connectivity index (χ2v) is 3.14. The van der Waals surface area contributed by atoms with Gasteiger partial charge in [0.25, 0.3) is 5.22 Å². The minimum absolute atomic E-state index is 0.301. The number of thioether (sulfide) groups is 1. The van der Waals surface area contributed by atoms with Gasteiger partial charge < -0.3 is 10.2 Å². The molecule has 0 aliphatic heterocycles. The third-order valence-electron chi connectivity index (χ3n) is 1.17. The van der Waals surface area contributed by atoms with Gasteiger partial charge >= 0.3 is 0 Å². The molecule has 0 unspecified atom stereocenters. The molecule has 1 heterocycles. The Labute approximate surface area is 75.2 Å². The van der Waals surface area contributed by atoms with E-state index >= 15 is 0 Å². The van der Waals surface area contributed by atoms with E-state index in [4.69, 9.17) is 10.2 Å². The first kappa shape index (κ1) is 9.28. The molecule has 66 valence electrons. The summed E-state index contributed by atoms with van der Waals surface area (Å²) in [7, 11) is 0. The number of allylic oxidation sites excluding steroid dienone is 1. The lowest BCUT2D eigenvalue weighted by Gasteiger charge is -1.89. The van der Waals surface area contributed by atoms with E-state index in [0.29, 0.717) is 17.7 Å². The van der Waals surface area contributed by atoms with E-state index in [9.17, 15) is 0 Å². The summed E-state index contributed by atoms with van der Waals surface area (Å²) in [5, 5.41) is 8.10. The fourth-order valence-electron chi connectivity index (χ4n) is 0.609. The van der Waals surface area contributed by atoms with Gasteiger partial charge in [0.1, 0.15) is 0 Å². The lowest BCUT2D eigenvalue weighted by atomic mass is 10.5. The molecule has 0 aliphatic carbocycles. The second-order valence-electron chi connectivity index (χ2n) is 2.09. The van der Waals surface area contributed by atoms with Crippen molar-refractivity contribution < 1.29 is 4.42 Å². The maximum atomic E-state index is 5.30. The summed E-state index contributed by atoms with van der Waals surface area (Å²) >= 11 is 1.51. The molecule has 1 aromatic rings. The fraction of sp³-hybridized carbons (Fsp3) is 0.429. The van der Waals surface area contributed by atoms with E-state index in [1.165, 1.54) is 11.8 Å². The molecule has 0 fully saturated rings. The summed E-state index contributed by atoms with van der Waals surface area (Å²) in [6, 6.07) is 0. The first-order chi connectivity index (χ1) is 5.86. The molecular formula is C7H11N3OS. The van der Waals surface area contributed by atoms with Crippen LogP contribution in [0.4, 0.5) is 0 Å². The largest absolute Gasteiger partial charge is 0.415 e. The SMILES string of the molecule is C=CCCSc1nnc(CN)o1. The Balaban J connectivity index is 2.36. The highest BCUT2D eigenvalue weighted by atomic mass is 32.2. The molecule has 0 bridgehead atoms. The molecule has 0 saturated carbocycles. The Bertz CT molecular complexity index is 249. The zero-order valence-corrected chi connectivity index (χ0v) is 7.51. The van der Waals surface area contributed by atoms with Crippen molar-refractivity contribution >= 4 is 11.8 Å². The zero-order chi connectivity index (χ0) is 8.81. The van der Waals surface area contributed by atoms with Crippen LogP contribution in [0.25, 0.3) is 0 Å². The van der Waals surface area contributed by atoms with Crippen molar-refractivity contribution in [3.63, 3.8) is 0 Å². The lowest BCUT2D eigenvalue weighted by Crippen LogP contribution is -1.95. The average Bonchev–Trinajstić information content (AvgIpc) is 2.53. The normalized spacial score (nSPS) is 10.1. The van der Waals surface area contributed by atoms with Gasteiger partial charge in [0.05, 0.1) is 6.54 Å². The van der Waals surface area contributed by atoms with Crippen molar-refractivity contribution in [1.82, 2.24) is 10.2 Å². The Kier molecular flexibility index (Phi) is 3.83. The standard InChI is InChI=1S/C7H11N3OS/c1-2-3-4-12-7-10-9-6(5-8)11-7/h2H,1,3-5,8H2. The van der Waals surface area contributed by atoms with Crippen LogP contribution in [0.5, 0.6) is 0 Å². The molecule has 0 aliphatic rings. The Morgan fingerprint density at radius 1 is 1.58 bits per heavy atom. The van der Waals surface area contributed by atoms with Crippen LogP contribution in [0.15, 0.2) is 22.3 Å². The predicted octanol–water partition coefficient (Wildman–Crippen LogP) is 1.20. The molecule has 0 atom stereocenters. The molecule has 0 radical (unpaired) electrons. The maximum Gasteiger partial charge on any atom is 0.276 e. The van der Waals surface area contributed by atoms with Gasteiger partial charge in [-0.3, -0.25) is 0 Å². The highest BCUT2D eigenvalue weighted by molar-refractivity contribution is 7.99. The number of nitrogens with zero attached hydrogens (tertiary/aromatic N) is 2. The van der Waals surface area contributed by atoms with Gasteiger partial charge in [-0.1, -0.05) is 17.8 Å². The lowest BCUT2D eigenvalue weighted by molar-refractivity contribution is 0.415. The van der Waals surface area contributed by atoms with E-state index in [1.807, 2.05) is 6.08 Å². The number of aromatic nitrogens is 2. The molecule has 0 spiro atoms. The van der Waals surface area contributed by atoms with Crippen LogP contribution < -0.4 is 5.73 Å². The highest BCUT2D eigenvalue weighted by Gasteiger charge is 2.02. The minimum Gasteiger partial charge on any atom is -0.415 e. The molecule has 4 nitrogen and oxygen atoms in total. The Morgan fingerprint density at radius 2 is 2.42 bits per heavy atom. The van der Waals surface area contributed by atoms with E-state index in [1.54, 1.807) is 0 Å². The quantitative estimate of drug-likeness (QED) is 0.424. The van der Waals surface area contributed by atoms with E-state index in [0.717, 1.165) is 12.2 Å². The van der Waals surface area contributed by atoms with E-state index in [2.05, 4.69) is 16.8 Å². The maximum absolute atomic E-state index is 5.30. The van der Waals surface area contributed by atoms with Crippen LogP contribution in [-0.4, -0.2) is 16.0 Å². The monoisotopic (exact) mass is 185 g/mol. The first-order valence-electron chi connectivity index (χ1n) is 3.63. The van der Waals surface area contributed by atoms with Crippen molar-refractivity contribution in [2.75, 3.05) is 5.75 Å². The summed E-state index contributed by atoms with van der Waals surface area (Å²) < 4.78 is 5.16. The zero-order valence-electron chi connectivity index (χ0n) is 6.69. The summed E-state index contributed by atoms with van der Waals surface area (Å²) in [6.07, 6.45) is 2.79. The van der Waals surface area contributed by atoms with Crippen LogP contribution in [0.1, 0.15) is 12.3 Å². The molecule has 1 rings (SSSR count). The Morgan fingerprint density at radius 3 is 3.00 bits per heavy atom. The van der Waals surface area contributed by atoms with Crippen molar-refractivity contribution in [2.45, 2.75) is 18.2 Å². The first-order valence-corrected chi connectivity index (χ1v) is 4.61. The van der Waals surface area contributed by atoms with Crippen LogP contribution >= 0.6 is 11.8 Å². The molecule has 0 amide bonds. The molecule has 0 saturated heterocycles. The molecule has 1 aromatic heterocycles. The van der Waals surface area contributed by atoms with Gasteiger partial charge in [-0.15, -0.1) is 16.8 Å². The van der Waals surface area contributed by atoms with Gasteiger partial charge in [-0.05, 0) is 6.42 Å². The highest BCUT2D eigenvalue weighted by Crippen LogP contribution is 2.16. The average molecular weight is 185 g/mol. The van der Waals surface area contributed by atoms with Crippen molar-refractivity contribution in [3.8, 4) is 0 Å². The van der Waals surface area contributed by atoms with Gasteiger partial charge in [-0.25, -0.2) is 0 Å². The molecular weight excluding hydrogens is 174 g/mol. The van der Waals surface area contributed by atoms with Crippen molar-refractivity contribution in [2.24, 2.45) is 5.73 Å². The third kappa shape index (κ3) is 2.67. The molecule has 12 heavy (non-hydrogen) atoms.